The lowest BCUT2D eigenvalue weighted by Crippen LogP contribution is -2.47. The number of nitrogens with zero attached hydrogens (tertiary/aromatic N) is 5. The smallest absolute Gasteiger partial charge is 0.328 e. The predicted octanol–water partition coefficient (Wildman–Crippen LogP) is 4.16. The lowest BCUT2D eigenvalue weighted by atomic mass is 10.1. The molecule has 0 saturated heterocycles. The van der Waals surface area contributed by atoms with E-state index in [4.69, 9.17) is 25.7 Å². The van der Waals surface area contributed by atoms with E-state index >= 15 is 8.78 Å². The summed E-state index contributed by atoms with van der Waals surface area (Å²) >= 11 is 0. The van der Waals surface area contributed by atoms with Crippen LogP contribution in [0.5, 0.6) is 11.5 Å². The number of aryl methyl sites for hydroxylation is 1. The third kappa shape index (κ3) is 9.32. The molecule has 0 aliphatic heterocycles. The molecule has 6 N–H and O–H groups in total. The zero-order chi connectivity index (χ0) is 37.2. The van der Waals surface area contributed by atoms with Crippen molar-refractivity contribution in [2.45, 2.75) is 51.7 Å². The topological polar surface area (TPSA) is 194 Å². The number of para-hydroxylation sites is 1. The summed E-state index contributed by atoms with van der Waals surface area (Å²) in [6.45, 7) is 3.19. The van der Waals surface area contributed by atoms with Gasteiger partial charge in [-0.3, -0.25) is 14.5 Å². The number of fused-ring (bicyclic) bond motifs is 1. The van der Waals surface area contributed by atoms with Crippen LogP contribution in [0.1, 0.15) is 37.4 Å². The van der Waals surface area contributed by atoms with Crippen molar-refractivity contribution in [3.05, 3.63) is 83.8 Å². The van der Waals surface area contributed by atoms with Crippen LogP contribution in [0.4, 0.5) is 20.3 Å². The van der Waals surface area contributed by atoms with Gasteiger partial charge >= 0.3 is 5.97 Å². The van der Waals surface area contributed by atoms with Gasteiger partial charge in [0.05, 0.1) is 31.4 Å². The number of methoxy groups -OCH3 is 1. The summed E-state index contributed by atoms with van der Waals surface area (Å²) in [6, 6.07) is 11.3. The van der Waals surface area contributed by atoms with Crippen molar-refractivity contribution < 1.29 is 32.6 Å². The highest BCUT2D eigenvalue weighted by atomic mass is 19.1. The van der Waals surface area contributed by atoms with Crippen molar-refractivity contribution >= 4 is 34.3 Å². The molecule has 3 aromatic heterocycles. The van der Waals surface area contributed by atoms with Gasteiger partial charge in [-0.2, -0.15) is 5.10 Å². The van der Waals surface area contributed by atoms with E-state index in [2.05, 4.69) is 30.7 Å². The van der Waals surface area contributed by atoms with Gasteiger partial charge in [-0.1, -0.05) is 24.6 Å². The molecule has 0 spiro atoms. The molecule has 0 radical (unpaired) electrons. The van der Waals surface area contributed by atoms with Gasteiger partial charge < -0.3 is 36.3 Å². The van der Waals surface area contributed by atoms with Crippen molar-refractivity contribution in [2.75, 3.05) is 32.2 Å². The maximum absolute atomic E-state index is 15.4. The number of rotatable bonds is 17. The Bertz CT molecular complexity index is 2000. The number of halogens is 2. The summed E-state index contributed by atoms with van der Waals surface area (Å²) in [7, 11) is 1.51. The van der Waals surface area contributed by atoms with E-state index in [1.807, 2.05) is 25.1 Å². The fourth-order valence-corrected chi connectivity index (χ4v) is 5.31. The molecule has 5 aromatic rings. The maximum atomic E-state index is 15.4. The van der Waals surface area contributed by atoms with Crippen molar-refractivity contribution in [2.24, 2.45) is 11.5 Å². The molecule has 3 heterocycles. The molecule has 0 aliphatic carbocycles. The number of amides is 1. The molecule has 0 fully saturated rings. The van der Waals surface area contributed by atoms with Crippen LogP contribution in [0.2, 0.25) is 0 Å². The molecule has 1 amide bonds. The Kier molecular flexibility index (Phi) is 12.6. The lowest BCUT2D eigenvalue weighted by molar-refractivity contribution is -0.148. The van der Waals surface area contributed by atoms with Gasteiger partial charge in [0.2, 0.25) is 5.91 Å². The van der Waals surface area contributed by atoms with Crippen LogP contribution >= 0.6 is 0 Å². The molecule has 2 aromatic carbocycles. The Balaban J connectivity index is 1.24. The maximum Gasteiger partial charge on any atom is 0.328 e. The summed E-state index contributed by atoms with van der Waals surface area (Å²) < 4.78 is 48.3. The van der Waals surface area contributed by atoms with Crippen LogP contribution in [0.15, 0.2) is 60.9 Å². The Labute approximate surface area is 298 Å². The number of hydrogen-bond acceptors (Lipinski definition) is 12. The monoisotopic (exact) mass is 717 g/mol. The zero-order valence-corrected chi connectivity index (χ0v) is 29.1. The minimum atomic E-state index is -0.951. The number of hydrogen-bond donors (Lipinski definition) is 4. The molecular weight excluding hydrogens is 676 g/mol. The molecule has 52 heavy (non-hydrogen) atoms. The van der Waals surface area contributed by atoms with Crippen molar-refractivity contribution in [3.8, 4) is 23.0 Å². The van der Waals surface area contributed by atoms with Crippen LogP contribution in [-0.4, -0.2) is 75.6 Å². The summed E-state index contributed by atoms with van der Waals surface area (Å²) in [4.78, 5) is 37.9. The molecule has 0 unspecified atom stereocenters. The van der Waals surface area contributed by atoms with Crippen LogP contribution in [0.25, 0.3) is 22.4 Å². The minimum absolute atomic E-state index is 0.0957. The number of ether oxygens (including phenoxy) is 3. The van der Waals surface area contributed by atoms with E-state index in [0.29, 0.717) is 47.6 Å². The van der Waals surface area contributed by atoms with Crippen molar-refractivity contribution in [3.63, 3.8) is 0 Å². The van der Waals surface area contributed by atoms with E-state index in [9.17, 15) is 9.59 Å². The number of pyridine rings is 1. The number of nitrogens with one attached hydrogen (secondary N) is 2. The van der Waals surface area contributed by atoms with E-state index < -0.39 is 35.6 Å². The summed E-state index contributed by atoms with van der Waals surface area (Å²) in [5.41, 5.74) is 13.6. The minimum Gasteiger partial charge on any atom is -0.491 e. The third-order valence-electron chi connectivity index (χ3n) is 8.04. The molecular formula is C36H41F2N9O5. The molecule has 5 rings (SSSR count). The first-order valence-corrected chi connectivity index (χ1v) is 16.7. The van der Waals surface area contributed by atoms with E-state index in [-0.39, 0.29) is 36.9 Å². The standard InChI is InChI=1S/C36H41F2N9O5/c1-21-16-23(11-13-41-21)44-33-31(50-3)19-42-34(45-33)32-25-8-4-5-10-30(25)47(46-32)20-26-27(37)17-24(18-28(26)38)51-14-15-52-36(49)22(2)43-35(48)29(40)9-6-7-12-39/h4-5,8,10-11,13,16-19,22,29H,6-7,9,12,14-15,20,39-40H2,1-3H3,(H,43,48)(H,41,42,44,45)/t22-,29-/m0/s1. The van der Waals surface area contributed by atoms with Crippen LogP contribution < -0.4 is 31.6 Å². The van der Waals surface area contributed by atoms with Crippen molar-refractivity contribution in [1.29, 1.82) is 0 Å². The van der Waals surface area contributed by atoms with Gasteiger partial charge in [-0.15, -0.1) is 0 Å². The second kappa shape index (κ2) is 17.5. The average Bonchev–Trinajstić information content (AvgIpc) is 3.49. The molecule has 274 valence electrons. The molecule has 14 nitrogen and oxygen atoms in total. The Morgan fingerprint density at radius 1 is 1.04 bits per heavy atom. The number of anilines is 2. The van der Waals surface area contributed by atoms with Crippen molar-refractivity contribution in [1.82, 2.24) is 30.0 Å². The summed E-state index contributed by atoms with van der Waals surface area (Å²) in [5.74, 6) is -1.92. The third-order valence-corrected chi connectivity index (χ3v) is 8.04. The first kappa shape index (κ1) is 37.5. The van der Waals surface area contributed by atoms with Gasteiger partial charge in [-0.25, -0.2) is 23.5 Å². The van der Waals surface area contributed by atoms with Gasteiger partial charge in [0.25, 0.3) is 0 Å². The number of aromatic nitrogens is 5. The normalized spacial score (nSPS) is 12.3. The van der Waals surface area contributed by atoms with E-state index in [1.54, 1.807) is 24.4 Å². The summed E-state index contributed by atoms with van der Waals surface area (Å²) in [5, 5.41) is 11.1. The number of carbonyl (C=O) groups is 2. The highest BCUT2D eigenvalue weighted by Crippen LogP contribution is 2.32. The van der Waals surface area contributed by atoms with E-state index in [0.717, 1.165) is 29.9 Å². The van der Waals surface area contributed by atoms with Crippen LogP contribution in [0.3, 0.4) is 0 Å². The number of nitrogens with two attached hydrogens (primary N) is 2. The summed E-state index contributed by atoms with van der Waals surface area (Å²) in [6.07, 6.45) is 5.07. The number of unbranched alkanes of at least 4 members (excludes halogenated alkanes) is 1. The highest BCUT2D eigenvalue weighted by Gasteiger charge is 2.22. The van der Waals surface area contributed by atoms with Gasteiger partial charge in [0.1, 0.15) is 42.3 Å². The number of carbonyl (C=O) groups excluding carboxylic acids is 2. The lowest BCUT2D eigenvalue weighted by Gasteiger charge is -2.17. The average molecular weight is 718 g/mol. The molecule has 0 saturated carbocycles. The largest absolute Gasteiger partial charge is 0.491 e. The molecule has 0 aliphatic rings. The van der Waals surface area contributed by atoms with Crippen LogP contribution in [0, 0.1) is 18.6 Å². The zero-order valence-electron chi connectivity index (χ0n) is 29.1. The molecule has 2 atom stereocenters. The Hall–Kier alpha value is -5.74. The quantitative estimate of drug-likeness (QED) is 0.0794. The SMILES string of the molecule is COc1cnc(-c2nn(Cc3c(F)cc(OCCOC(=O)[C@H](C)NC(=O)[C@@H](N)CCCCN)cc3F)c3ccccc23)nc1Nc1ccnc(C)c1. The van der Waals surface area contributed by atoms with Gasteiger partial charge in [0.15, 0.2) is 17.4 Å². The second-order valence-electron chi connectivity index (χ2n) is 11.9. The number of benzene rings is 2. The fourth-order valence-electron chi connectivity index (χ4n) is 5.31. The highest BCUT2D eigenvalue weighted by molar-refractivity contribution is 5.92. The first-order valence-electron chi connectivity index (χ1n) is 16.7. The fraction of sp³-hybridized carbons (Fsp3) is 0.333. The van der Waals surface area contributed by atoms with E-state index in [1.165, 1.54) is 24.9 Å². The van der Waals surface area contributed by atoms with Crippen LogP contribution in [-0.2, 0) is 20.9 Å². The Morgan fingerprint density at radius 2 is 1.81 bits per heavy atom. The van der Waals surface area contributed by atoms with Gasteiger partial charge in [-0.05, 0) is 51.4 Å². The number of esters is 1. The second-order valence-corrected chi connectivity index (χ2v) is 11.9. The predicted molar refractivity (Wildman–Crippen MR) is 190 cm³/mol. The van der Waals surface area contributed by atoms with Gasteiger partial charge in [0, 0.05) is 40.7 Å². The Morgan fingerprint density at radius 3 is 2.54 bits per heavy atom. The molecule has 0 bridgehead atoms. The molecule has 16 heteroatoms. The first-order chi connectivity index (χ1) is 25.1.